The molecule has 0 amide bonds. The quantitative estimate of drug-likeness (QED) is 0.876. The highest BCUT2D eigenvalue weighted by molar-refractivity contribution is 9.10. The molecule has 0 spiro atoms. The van der Waals surface area contributed by atoms with Crippen molar-refractivity contribution < 1.29 is 19.7 Å². The van der Waals surface area contributed by atoms with Gasteiger partial charge in [-0.05, 0) is 30.9 Å². The molecular weight excluding hydrogens is 324 g/mol. The summed E-state index contributed by atoms with van der Waals surface area (Å²) in [5.41, 5.74) is 0.405. The van der Waals surface area contributed by atoms with Crippen LogP contribution in [0.2, 0.25) is 0 Å². The standard InChI is InChI=1S/C15H19BrO4/c1-3-9-8-10(20-2)13(17)11(12(9)16)15(14(18)19)6-4-5-7-15/h8,17H,3-7H2,1-2H3,(H,18,19). The number of aliphatic carboxylic acids is 1. The molecule has 1 aromatic carbocycles. The van der Waals surface area contributed by atoms with E-state index in [1.807, 2.05) is 6.92 Å². The van der Waals surface area contributed by atoms with Crippen molar-refractivity contribution in [3.05, 3.63) is 21.7 Å². The van der Waals surface area contributed by atoms with Gasteiger partial charge in [0, 0.05) is 10.0 Å². The van der Waals surface area contributed by atoms with Crippen molar-refractivity contribution >= 4 is 21.9 Å². The number of carbonyl (C=O) groups is 1. The molecule has 1 aliphatic carbocycles. The van der Waals surface area contributed by atoms with Crippen LogP contribution in [0.4, 0.5) is 0 Å². The van der Waals surface area contributed by atoms with Crippen molar-refractivity contribution in [1.29, 1.82) is 0 Å². The molecule has 0 unspecified atom stereocenters. The van der Waals surface area contributed by atoms with Crippen LogP contribution in [-0.2, 0) is 16.6 Å². The van der Waals surface area contributed by atoms with E-state index in [1.54, 1.807) is 6.07 Å². The van der Waals surface area contributed by atoms with Gasteiger partial charge in [-0.1, -0.05) is 35.7 Å². The zero-order chi connectivity index (χ0) is 14.9. The first-order valence-corrected chi connectivity index (χ1v) is 7.59. The van der Waals surface area contributed by atoms with E-state index in [1.165, 1.54) is 7.11 Å². The molecule has 0 atom stereocenters. The Hall–Kier alpha value is -1.23. The summed E-state index contributed by atoms with van der Waals surface area (Å²) in [5.74, 6) is -0.588. The summed E-state index contributed by atoms with van der Waals surface area (Å²) in [6, 6.07) is 1.76. The lowest BCUT2D eigenvalue weighted by Crippen LogP contribution is -2.33. The number of carboxylic acids is 1. The molecule has 1 aromatic rings. The molecule has 0 heterocycles. The Morgan fingerprint density at radius 1 is 1.45 bits per heavy atom. The molecule has 110 valence electrons. The molecule has 0 saturated heterocycles. The van der Waals surface area contributed by atoms with E-state index >= 15 is 0 Å². The molecule has 4 nitrogen and oxygen atoms in total. The second-order valence-electron chi connectivity index (χ2n) is 5.22. The molecule has 1 aliphatic rings. The van der Waals surface area contributed by atoms with E-state index in [9.17, 15) is 15.0 Å². The van der Waals surface area contributed by atoms with E-state index in [4.69, 9.17) is 4.74 Å². The number of hydrogen-bond donors (Lipinski definition) is 2. The smallest absolute Gasteiger partial charge is 0.314 e. The van der Waals surface area contributed by atoms with Gasteiger partial charge in [-0.15, -0.1) is 0 Å². The maximum absolute atomic E-state index is 11.9. The number of hydrogen-bond acceptors (Lipinski definition) is 3. The molecule has 2 rings (SSSR count). The molecule has 1 saturated carbocycles. The molecule has 0 bridgehead atoms. The van der Waals surface area contributed by atoms with E-state index < -0.39 is 11.4 Å². The lowest BCUT2D eigenvalue weighted by Gasteiger charge is -2.28. The van der Waals surface area contributed by atoms with Crippen LogP contribution >= 0.6 is 15.9 Å². The van der Waals surface area contributed by atoms with Gasteiger partial charge in [0.1, 0.15) is 0 Å². The second-order valence-corrected chi connectivity index (χ2v) is 6.02. The van der Waals surface area contributed by atoms with Crippen molar-refractivity contribution in [1.82, 2.24) is 0 Å². The van der Waals surface area contributed by atoms with Crippen LogP contribution in [0.15, 0.2) is 10.5 Å². The number of aryl methyl sites for hydroxylation is 1. The van der Waals surface area contributed by atoms with Crippen molar-refractivity contribution in [3.63, 3.8) is 0 Å². The number of phenols is 1. The van der Waals surface area contributed by atoms with Gasteiger partial charge in [-0.25, -0.2) is 0 Å². The summed E-state index contributed by atoms with van der Waals surface area (Å²) < 4.78 is 5.90. The number of halogens is 1. The first kappa shape index (κ1) is 15.2. The average molecular weight is 343 g/mol. The lowest BCUT2D eigenvalue weighted by atomic mass is 9.77. The highest BCUT2D eigenvalue weighted by Crippen LogP contribution is 2.51. The molecule has 1 fully saturated rings. The topological polar surface area (TPSA) is 66.8 Å². The number of benzene rings is 1. The van der Waals surface area contributed by atoms with Crippen molar-refractivity contribution in [2.45, 2.75) is 44.4 Å². The molecule has 20 heavy (non-hydrogen) atoms. The Morgan fingerprint density at radius 3 is 2.50 bits per heavy atom. The van der Waals surface area contributed by atoms with Gasteiger partial charge < -0.3 is 14.9 Å². The second kappa shape index (κ2) is 5.64. The minimum atomic E-state index is -1.01. The van der Waals surface area contributed by atoms with Gasteiger partial charge in [-0.3, -0.25) is 4.79 Å². The third-order valence-corrected chi connectivity index (χ3v) is 5.13. The number of aromatic hydroxyl groups is 1. The molecule has 0 aromatic heterocycles. The van der Waals surface area contributed by atoms with Crippen molar-refractivity contribution in [3.8, 4) is 11.5 Å². The Labute approximate surface area is 126 Å². The fourth-order valence-corrected chi connectivity index (χ4v) is 4.04. The SMILES string of the molecule is CCc1cc(OC)c(O)c(C2(C(=O)O)CCCC2)c1Br. The van der Waals surface area contributed by atoms with E-state index in [0.29, 0.717) is 28.6 Å². The van der Waals surface area contributed by atoms with Crippen LogP contribution in [0.5, 0.6) is 11.5 Å². The van der Waals surface area contributed by atoms with Gasteiger partial charge in [0.05, 0.1) is 12.5 Å². The van der Waals surface area contributed by atoms with Gasteiger partial charge in [0.25, 0.3) is 0 Å². The first-order chi connectivity index (χ1) is 9.47. The van der Waals surface area contributed by atoms with Gasteiger partial charge in [0.2, 0.25) is 0 Å². The first-order valence-electron chi connectivity index (χ1n) is 6.80. The fraction of sp³-hybridized carbons (Fsp3) is 0.533. The summed E-state index contributed by atoms with van der Waals surface area (Å²) in [4.78, 5) is 11.9. The minimum Gasteiger partial charge on any atom is -0.504 e. The minimum absolute atomic E-state index is 0.0547. The Balaban J connectivity index is 2.74. The number of phenolic OH excluding ortho intramolecular Hbond substituents is 1. The van der Waals surface area contributed by atoms with Gasteiger partial charge in [-0.2, -0.15) is 0 Å². The van der Waals surface area contributed by atoms with Crippen LogP contribution in [0, 0.1) is 0 Å². The summed E-state index contributed by atoms with van der Waals surface area (Å²) in [5, 5.41) is 20.2. The van der Waals surface area contributed by atoms with Crippen molar-refractivity contribution in [2.75, 3.05) is 7.11 Å². The van der Waals surface area contributed by atoms with Gasteiger partial charge in [0.15, 0.2) is 11.5 Å². The number of methoxy groups -OCH3 is 1. The molecule has 0 aliphatic heterocycles. The van der Waals surface area contributed by atoms with Crippen molar-refractivity contribution in [2.24, 2.45) is 0 Å². The maximum atomic E-state index is 11.9. The fourth-order valence-electron chi connectivity index (χ4n) is 3.08. The Morgan fingerprint density at radius 2 is 2.05 bits per heavy atom. The molecule has 5 heteroatoms. The third kappa shape index (κ3) is 2.18. The molecule has 0 radical (unpaired) electrons. The van der Waals surface area contributed by atoms with Crippen LogP contribution in [0.25, 0.3) is 0 Å². The summed E-state index contributed by atoms with van der Waals surface area (Å²) in [6.45, 7) is 1.99. The Bertz CT molecular complexity index is 505. The zero-order valence-corrected chi connectivity index (χ0v) is 13.3. The van der Waals surface area contributed by atoms with Crippen LogP contribution in [-0.4, -0.2) is 23.3 Å². The number of ether oxygens (including phenoxy) is 1. The summed E-state index contributed by atoms with van der Waals surface area (Å²) >= 11 is 3.49. The zero-order valence-electron chi connectivity index (χ0n) is 11.7. The Kier molecular flexibility index (Phi) is 4.28. The largest absolute Gasteiger partial charge is 0.504 e. The highest BCUT2D eigenvalue weighted by atomic mass is 79.9. The highest BCUT2D eigenvalue weighted by Gasteiger charge is 2.47. The summed E-state index contributed by atoms with van der Waals surface area (Å²) in [7, 11) is 1.48. The van der Waals surface area contributed by atoms with E-state index in [0.717, 1.165) is 24.8 Å². The third-order valence-electron chi connectivity index (χ3n) is 4.22. The van der Waals surface area contributed by atoms with E-state index in [2.05, 4.69) is 15.9 Å². The molecule has 2 N–H and O–H groups in total. The molecular formula is C15H19BrO4. The average Bonchev–Trinajstić information content (AvgIpc) is 2.90. The number of carboxylic acid groups (broad SMARTS) is 1. The van der Waals surface area contributed by atoms with Crippen LogP contribution in [0.1, 0.15) is 43.7 Å². The van der Waals surface area contributed by atoms with Crippen LogP contribution in [0.3, 0.4) is 0 Å². The van der Waals surface area contributed by atoms with Gasteiger partial charge >= 0.3 is 5.97 Å². The van der Waals surface area contributed by atoms with E-state index in [-0.39, 0.29) is 5.75 Å². The predicted molar refractivity (Wildman–Crippen MR) is 79.5 cm³/mol. The predicted octanol–water partition coefficient (Wildman–Crippen LogP) is 3.62. The van der Waals surface area contributed by atoms with Crippen LogP contribution < -0.4 is 4.74 Å². The lowest BCUT2D eigenvalue weighted by molar-refractivity contribution is -0.143. The maximum Gasteiger partial charge on any atom is 0.314 e. The number of rotatable bonds is 4. The normalized spacial score (nSPS) is 17.1. The monoisotopic (exact) mass is 342 g/mol. The summed E-state index contributed by atoms with van der Waals surface area (Å²) in [6.07, 6.45) is 3.54.